The van der Waals surface area contributed by atoms with Crippen molar-refractivity contribution in [3.05, 3.63) is 20.8 Å². The molecule has 3 rings (SSSR count). The number of fused-ring (bicyclic) bond motifs is 3. The SMILES string of the molecule is CC1CCc2c(sc3nc(SCCCC(=O)O)[nH]c(=O)c23)C1. The van der Waals surface area contributed by atoms with Crippen LogP contribution in [-0.2, 0) is 17.6 Å². The van der Waals surface area contributed by atoms with Gasteiger partial charge in [0.15, 0.2) is 5.16 Å². The van der Waals surface area contributed by atoms with E-state index in [-0.39, 0.29) is 12.0 Å². The van der Waals surface area contributed by atoms with Gasteiger partial charge in [0.05, 0.1) is 5.39 Å². The zero-order chi connectivity index (χ0) is 15.7. The molecule has 0 radical (unpaired) electrons. The summed E-state index contributed by atoms with van der Waals surface area (Å²) in [5.74, 6) is 0.519. The number of rotatable bonds is 5. The van der Waals surface area contributed by atoms with Crippen LogP contribution < -0.4 is 5.56 Å². The fourth-order valence-corrected chi connectivity index (χ4v) is 5.03. The molecular formula is C15H18N2O3S2. The average molecular weight is 338 g/mol. The molecule has 1 aliphatic carbocycles. The summed E-state index contributed by atoms with van der Waals surface area (Å²) < 4.78 is 0. The van der Waals surface area contributed by atoms with E-state index in [1.165, 1.54) is 22.2 Å². The van der Waals surface area contributed by atoms with Crippen LogP contribution in [0.2, 0.25) is 0 Å². The van der Waals surface area contributed by atoms with Gasteiger partial charge < -0.3 is 10.1 Å². The number of nitrogens with one attached hydrogen (secondary N) is 1. The van der Waals surface area contributed by atoms with Gasteiger partial charge >= 0.3 is 5.97 Å². The van der Waals surface area contributed by atoms with Crippen molar-refractivity contribution in [2.75, 3.05) is 5.75 Å². The Hall–Kier alpha value is -1.34. The number of hydrogen-bond acceptors (Lipinski definition) is 5. The first-order chi connectivity index (χ1) is 10.5. The quantitative estimate of drug-likeness (QED) is 0.497. The van der Waals surface area contributed by atoms with E-state index in [0.717, 1.165) is 29.5 Å². The van der Waals surface area contributed by atoms with E-state index in [4.69, 9.17) is 5.11 Å². The fraction of sp³-hybridized carbons (Fsp3) is 0.533. The maximum absolute atomic E-state index is 12.4. The molecule has 2 aromatic heterocycles. The molecular weight excluding hydrogens is 320 g/mol. The van der Waals surface area contributed by atoms with Gasteiger partial charge in [-0.3, -0.25) is 9.59 Å². The molecule has 5 nitrogen and oxygen atoms in total. The van der Waals surface area contributed by atoms with Crippen LogP contribution in [0.15, 0.2) is 9.95 Å². The van der Waals surface area contributed by atoms with Crippen molar-refractivity contribution < 1.29 is 9.90 Å². The number of aryl methyl sites for hydroxylation is 1. The standard InChI is InChI=1S/C15H18N2O3S2/c1-8-4-5-9-10(7-8)22-14-12(9)13(20)16-15(17-14)21-6-2-3-11(18)19/h8H,2-7H2,1H3,(H,18,19)(H,16,17,20). The molecule has 1 atom stereocenters. The first-order valence-corrected chi connectivity index (χ1v) is 9.24. The van der Waals surface area contributed by atoms with Crippen molar-refractivity contribution in [2.45, 2.75) is 44.2 Å². The molecule has 118 valence electrons. The lowest BCUT2D eigenvalue weighted by molar-refractivity contribution is -0.137. The van der Waals surface area contributed by atoms with Gasteiger partial charge in [0.2, 0.25) is 0 Å². The third-order valence-electron chi connectivity index (χ3n) is 3.92. The van der Waals surface area contributed by atoms with Crippen LogP contribution in [0.1, 0.15) is 36.6 Å². The molecule has 22 heavy (non-hydrogen) atoms. The number of carboxylic acid groups (broad SMARTS) is 1. The Kier molecular flexibility index (Phi) is 4.54. The van der Waals surface area contributed by atoms with Gasteiger partial charge in [-0.2, -0.15) is 0 Å². The van der Waals surface area contributed by atoms with Gasteiger partial charge in [0.25, 0.3) is 5.56 Å². The van der Waals surface area contributed by atoms with Gasteiger partial charge in [-0.1, -0.05) is 18.7 Å². The number of thioether (sulfide) groups is 1. The highest BCUT2D eigenvalue weighted by molar-refractivity contribution is 7.99. The fourth-order valence-electron chi connectivity index (χ4n) is 2.79. The van der Waals surface area contributed by atoms with Crippen LogP contribution in [0.4, 0.5) is 0 Å². The molecule has 2 aromatic rings. The molecule has 1 aliphatic rings. The maximum atomic E-state index is 12.4. The number of nitrogens with zero attached hydrogens (tertiary/aromatic N) is 1. The number of carbonyl (C=O) groups is 1. The van der Waals surface area contributed by atoms with E-state index in [2.05, 4.69) is 16.9 Å². The first kappa shape index (κ1) is 15.6. The molecule has 2 heterocycles. The number of aromatic nitrogens is 2. The van der Waals surface area contributed by atoms with Crippen molar-refractivity contribution >= 4 is 39.3 Å². The molecule has 0 saturated carbocycles. The minimum Gasteiger partial charge on any atom is -0.481 e. The van der Waals surface area contributed by atoms with Crippen LogP contribution in [0.25, 0.3) is 10.2 Å². The Bertz CT molecular complexity index is 766. The normalized spacial score (nSPS) is 17.6. The van der Waals surface area contributed by atoms with Crippen LogP contribution in [-0.4, -0.2) is 26.8 Å². The summed E-state index contributed by atoms with van der Waals surface area (Å²) in [6.07, 6.45) is 3.85. The molecule has 7 heteroatoms. The summed E-state index contributed by atoms with van der Waals surface area (Å²) in [5.41, 5.74) is 1.13. The third kappa shape index (κ3) is 3.20. The minimum absolute atomic E-state index is 0.0576. The lowest BCUT2D eigenvalue weighted by Crippen LogP contribution is -2.13. The molecule has 0 spiro atoms. The average Bonchev–Trinajstić information content (AvgIpc) is 2.81. The van der Waals surface area contributed by atoms with Gasteiger partial charge in [-0.15, -0.1) is 11.3 Å². The second-order valence-electron chi connectivity index (χ2n) is 5.75. The second-order valence-corrected chi connectivity index (χ2v) is 7.92. The lowest BCUT2D eigenvalue weighted by Gasteiger charge is -2.17. The Balaban J connectivity index is 1.83. The molecule has 0 fully saturated rings. The highest BCUT2D eigenvalue weighted by Gasteiger charge is 2.22. The van der Waals surface area contributed by atoms with E-state index in [9.17, 15) is 9.59 Å². The van der Waals surface area contributed by atoms with Crippen molar-refractivity contribution in [1.82, 2.24) is 9.97 Å². The first-order valence-electron chi connectivity index (χ1n) is 7.43. The lowest BCUT2D eigenvalue weighted by atomic mass is 9.89. The number of carboxylic acids is 1. The van der Waals surface area contributed by atoms with Crippen LogP contribution >= 0.6 is 23.1 Å². The van der Waals surface area contributed by atoms with E-state index in [1.54, 1.807) is 11.3 Å². The number of aliphatic carboxylic acids is 1. The summed E-state index contributed by atoms with van der Waals surface area (Å²) in [6, 6.07) is 0. The van der Waals surface area contributed by atoms with E-state index < -0.39 is 5.97 Å². The van der Waals surface area contributed by atoms with Gasteiger partial charge in [-0.05, 0) is 37.2 Å². The topological polar surface area (TPSA) is 83.0 Å². The zero-order valence-corrected chi connectivity index (χ0v) is 14.0. The van der Waals surface area contributed by atoms with Gasteiger partial charge in [-0.25, -0.2) is 4.98 Å². The van der Waals surface area contributed by atoms with Crippen molar-refractivity contribution in [3.63, 3.8) is 0 Å². The molecule has 1 unspecified atom stereocenters. The van der Waals surface area contributed by atoms with E-state index in [0.29, 0.717) is 23.2 Å². The number of H-pyrrole nitrogens is 1. The Morgan fingerprint density at radius 1 is 1.55 bits per heavy atom. The molecule has 0 saturated heterocycles. The highest BCUT2D eigenvalue weighted by Crippen LogP contribution is 2.36. The predicted octanol–water partition coefficient (Wildman–Crippen LogP) is 3.07. The number of hydrogen-bond donors (Lipinski definition) is 2. The maximum Gasteiger partial charge on any atom is 0.303 e. The molecule has 0 amide bonds. The summed E-state index contributed by atoms with van der Waals surface area (Å²) in [6.45, 7) is 2.24. The second kappa shape index (κ2) is 6.42. The van der Waals surface area contributed by atoms with Crippen LogP contribution in [0.3, 0.4) is 0 Å². The Labute approximate surface area is 136 Å². The van der Waals surface area contributed by atoms with E-state index in [1.807, 2.05) is 0 Å². The third-order valence-corrected chi connectivity index (χ3v) is 6.03. The largest absolute Gasteiger partial charge is 0.481 e. The molecule has 0 aromatic carbocycles. The zero-order valence-electron chi connectivity index (χ0n) is 12.3. The molecule has 2 N–H and O–H groups in total. The smallest absolute Gasteiger partial charge is 0.303 e. The summed E-state index contributed by atoms with van der Waals surface area (Å²) in [7, 11) is 0. The molecule has 0 aliphatic heterocycles. The number of aromatic amines is 1. The summed E-state index contributed by atoms with van der Waals surface area (Å²) >= 11 is 3.05. The Morgan fingerprint density at radius 2 is 2.36 bits per heavy atom. The van der Waals surface area contributed by atoms with Crippen molar-refractivity contribution in [2.24, 2.45) is 5.92 Å². The summed E-state index contributed by atoms with van der Waals surface area (Å²) in [4.78, 5) is 32.4. The highest BCUT2D eigenvalue weighted by atomic mass is 32.2. The van der Waals surface area contributed by atoms with Gasteiger partial charge in [0.1, 0.15) is 4.83 Å². The number of thiophene rings is 1. The monoisotopic (exact) mass is 338 g/mol. The predicted molar refractivity (Wildman–Crippen MR) is 89.0 cm³/mol. The van der Waals surface area contributed by atoms with Crippen LogP contribution in [0.5, 0.6) is 0 Å². The Morgan fingerprint density at radius 3 is 3.14 bits per heavy atom. The van der Waals surface area contributed by atoms with Crippen LogP contribution in [0, 0.1) is 5.92 Å². The van der Waals surface area contributed by atoms with Crippen molar-refractivity contribution in [3.8, 4) is 0 Å². The minimum atomic E-state index is -0.794. The van der Waals surface area contributed by atoms with E-state index >= 15 is 0 Å². The van der Waals surface area contributed by atoms with Gasteiger partial charge in [0, 0.05) is 17.1 Å². The molecule has 0 bridgehead atoms. The van der Waals surface area contributed by atoms with Crippen molar-refractivity contribution in [1.29, 1.82) is 0 Å². The summed E-state index contributed by atoms with van der Waals surface area (Å²) in [5, 5.41) is 9.99.